The molecule has 0 radical (unpaired) electrons. The lowest BCUT2D eigenvalue weighted by atomic mass is 9.88. The van der Waals surface area contributed by atoms with Crippen LogP contribution < -0.4 is 10.1 Å². The topological polar surface area (TPSA) is 24.5 Å². The summed E-state index contributed by atoms with van der Waals surface area (Å²) < 4.78 is 45.7. The minimum atomic E-state index is -4.51. The van der Waals surface area contributed by atoms with Crippen molar-refractivity contribution in [2.75, 3.05) is 32.6 Å². The molecule has 0 heterocycles. The van der Waals surface area contributed by atoms with E-state index in [0.717, 1.165) is 43.1 Å². The molecule has 2 aromatic carbocycles. The first-order valence-electron chi connectivity index (χ1n) is 9.48. The van der Waals surface area contributed by atoms with Gasteiger partial charge in [-0.3, -0.25) is 0 Å². The monoisotopic (exact) mass is 424 g/mol. The van der Waals surface area contributed by atoms with Crippen LogP contribution >= 0.6 is 11.6 Å². The third kappa shape index (κ3) is 5.46. The smallest absolute Gasteiger partial charge is 0.417 e. The third-order valence-corrected chi connectivity index (χ3v) is 5.13. The van der Waals surface area contributed by atoms with Gasteiger partial charge in [-0.25, -0.2) is 0 Å². The summed E-state index contributed by atoms with van der Waals surface area (Å²) in [5.41, 5.74) is 2.34. The Morgan fingerprint density at radius 2 is 1.86 bits per heavy atom. The van der Waals surface area contributed by atoms with Gasteiger partial charge in [0, 0.05) is 23.5 Å². The van der Waals surface area contributed by atoms with E-state index >= 15 is 0 Å². The van der Waals surface area contributed by atoms with Crippen LogP contribution in [0.3, 0.4) is 0 Å². The third-order valence-electron chi connectivity index (χ3n) is 4.80. The molecule has 0 amide bonds. The molecule has 0 unspecified atom stereocenters. The highest BCUT2D eigenvalue weighted by molar-refractivity contribution is 6.31. The molecule has 3 rings (SSSR count). The van der Waals surface area contributed by atoms with Crippen LogP contribution in [0.4, 0.5) is 18.9 Å². The maximum absolute atomic E-state index is 13.2. The second kappa shape index (κ2) is 9.09. The number of para-hydroxylation sites is 1. The molecule has 7 heteroatoms. The van der Waals surface area contributed by atoms with Crippen LogP contribution in [0.25, 0.3) is 5.70 Å². The van der Waals surface area contributed by atoms with Crippen molar-refractivity contribution in [1.82, 2.24) is 4.90 Å². The molecule has 0 bridgehead atoms. The largest absolute Gasteiger partial charge is 0.492 e. The van der Waals surface area contributed by atoms with Gasteiger partial charge in [0.15, 0.2) is 0 Å². The van der Waals surface area contributed by atoms with E-state index in [1.165, 1.54) is 11.6 Å². The van der Waals surface area contributed by atoms with E-state index in [2.05, 4.69) is 5.32 Å². The number of benzene rings is 2. The number of halogens is 4. The van der Waals surface area contributed by atoms with Gasteiger partial charge in [-0.15, -0.1) is 0 Å². The second-order valence-electron chi connectivity index (χ2n) is 7.30. The number of anilines is 1. The van der Waals surface area contributed by atoms with Gasteiger partial charge in [0.1, 0.15) is 12.4 Å². The molecule has 0 aliphatic heterocycles. The Morgan fingerprint density at radius 1 is 1.14 bits per heavy atom. The van der Waals surface area contributed by atoms with Crippen LogP contribution in [0.15, 0.2) is 48.0 Å². The van der Waals surface area contributed by atoms with Crippen LogP contribution in [0.5, 0.6) is 5.75 Å². The zero-order chi connectivity index (χ0) is 21.0. The van der Waals surface area contributed by atoms with Crippen LogP contribution in [0.2, 0.25) is 5.02 Å². The van der Waals surface area contributed by atoms with Gasteiger partial charge in [0.05, 0.1) is 10.6 Å². The Kier molecular flexibility index (Phi) is 6.75. The summed E-state index contributed by atoms with van der Waals surface area (Å²) in [6, 6.07) is 11.5. The van der Waals surface area contributed by atoms with E-state index in [0.29, 0.717) is 18.0 Å². The summed E-state index contributed by atoms with van der Waals surface area (Å²) in [6.07, 6.45) is -1.62. The molecule has 1 aliphatic carbocycles. The van der Waals surface area contributed by atoms with E-state index in [9.17, 15) is 13.2 Å². The quantitative estimate of drug-likeness (QED) is 0.564. The van der Waals surface area contributed by atoms with E-state index in [1.807, 2.05) is 43.3 Å². The van der Waals surface area contributed by atoms with Crippen molar-refractivity contribution in [3.8, 4) is 5.75 Å². The number of nitrogens with one attached hydrogen (secondary N) is 1. The number of alkyl halides is 3. The van der Waals surface area contributed by atoms with Crippen molar-refractivity contribution < 1.29 is 17.9 Å². The summed E-state index contributed by atoms with van der Waals surface area (Å²) >= 11 is 5.76. The first-order valence-corrected chi connectivity index (χ1v) is 9.86. The molecule has 3 nitrogen and oxygen atoms in total. The minimum Gasteiger partial charge on any atom is -0.492 e. The average molecular weight is 425 g/mol. The number of nitrogens with zero attached hydrogens (tertiary/aromatic N) is 1. The first-order chi connectivity index (χ1) is 13.8. The Labute approximate surface area is 174 Å². The maximum Gasteiger partial charge on any atom is 0.417 e. The molecule has 1 fully saturated rings. The Hall–Kier alpha value is -2.18. The average Bonchev–Trinajstić information content (AvgIpc) is 2.60. The molecular weight excluding hydrogens is 401 g/mol. The van der Waals surface area contributed by atoms with Crippen LogP contribution in [-0.4, -0.2) is 32.1 Å². The van der Waals surface area contributed by atoms with E-state index in [-0.39, 0.29) is 5.02 Å². The summed E-state index contributed by atoms with van der Waals surface area (Å²) in [5.74, 6) is 0.709. The van der Waals surface area contributed by atoms with Crippen molar-refractivity contribution in [2.45, 2.75) is 25.4 Å². The Morgan fingerprint density at radius 3 is 2.48 bits per heavy atom. The standard InChI is InChI=1S/C22H24ClF3N2O/c1-28(2)12-13-29-20-9-4-3-8-17(20)21(15-6-5-7-15)27-16-10-11-19(23)18(14-16)22(24,25)26/h3-4,8-11,14,27H,5-7,12-13H2,1-2H3. The van der Waals surface area contributed by atoms with Crippen molar-refractivity contribution in [1.29, 1.82) is 0 Å². The van der Waals surface area contributed by atoms with Crippen LogP contribution in [-0.2, 0) is 6.18 Å². The summed E-state index contributed by atoms with van der Waals surface area (Å²) in [7, 11) is 3.94. The van der Waals surface area contributed by atoms with Crippen molar-refractivity contribution in [3.63, 3.8) is 0 Å². The van der Waals surface area contributed by atoms with Gasteiger partial charge in [0.2, 0.25) is 0 Å². The number of allylic oxidation sites excluding steroid dienone is 1. The fraction of sp³-hybridized carbons (Fsp3) is 0.364. The van der Waals surface area contributed by atoms with Gasteiger partial charge in [-0.2, -0.15) is 13.2 Å². The van der Waals surface area contributed by atoms with Gasteiger partial charge >= 0.3 is 6.18 Å². The SMILES string of the molecule is CN(C)CCOc1ccccc1C(Nc1ccc(Cl)c(C(F)(F)F)c1)=C1CCC1. The zero-order valence-corrected chi connectivity index (χ0v) is 17.2. The number of rotatable bonds is 7. The first kappa shape index (κ1) is 21.5. The van der Waals surface area contributed by atoms with E-state index in [4.69, 9.17) is 16.3 Å². The summed E-state index contributed by atoms with van der Waals surface area (Å²) in [4.78, 5) is 2.03. The second-order valence-corrected chi connectivity index (χ2v) is 7.70. The van der Waals surface area contributed by atoms with E-state index < -0.39 is 11.7 Å². The fourth-order valence-electron chi connectivity index (χ4n) is 3.05. The summed E-state index contributed by atoms with van der Waals surface area (Å²) in [6.45, 7) is 1.28. The number of hydrogen-bond donors (Lipinski definition) is 1. The van der Waals surface area contributed by atoms with Gasteiger partial charge < -0.3 is 15.0 Å². The highest BCUT2D eigenvalue weighted by atomic mass is 35.5. The minimum absolute atomic E-state index is 0.312. The van der Waals surface area contributed by atoms with E-state index in [1.54, 1.807) is 6.07 Å². The molecule has 2 aromatic rings. The predicted octanol–water partition coefficient (Wildman–Crippen LogP) is 6.31. The molecule has 0 aromatic heterocycles. The van der Waals surface area contributed by atoms with Crippen LogP contribution in [0, 0.1) is 0 Å². The Bertz CT molecular complexity index is 888. The molecular formula is C22H24ClF3N2O. The summed E-state index contributed by atoms with van der Waals surface area (Å²) in [5, 5.41) is 2.90. The normalized spacial score (nSPS) is 14.0. The number of hydrogen-bond acceptors (Lipinski definition) is 3. The number of ether oxygens (including phenoxy) is 1. The zero-order valence-electron chi connectivity index (χ0n) is 16.4. The number of likely N-dealkylation sites (N-methyl/N-ethyl adjacent to an activating group) is 1. The lowest BCUT2D eigenvalue weighted by Gasteiger charge is -2.25. The molecule has 29 heavy (non-hydrogen) atoms. The maximum atomic E-state index is 13.2. The molecule has 156 valence electrons. The van der Waals surface area contributed by atoms with Crippen molar-refractivity contribution >= 4 is 23.0 Å². The van der Waals surface area contributed by atoms with Gasteiger partial charge in [0.25, 0.3) is 0 Å². The molecule has 0 saturated heterocycles. The van der Waals surface area contributed by atoms with Crippen molar-refractivity contribution in [2.24, 2.45) is 0 Å². The van der Waals surface area contributed by atoms with Gasteiger partial charge in [-0.1, -0.05) is 23.7 Å². The molecule has 0 atom stereocenters. The lowest BCUT2D eigenvalue weighted by Crippen LogP contribution is -2.20. The molecule has 1 saturated carbocycles. The van der Waals surface area contributed by atoms with Gasteiger partial charge in [-0.05, 0) is 69.3 Å². The predicted molar refractivity (Wildman–Crippen MR) is 111 cm³/mol. The highest BCUT2D eigenvalue weighted by Crippen LogP contribution is 2.40. The van der Waals surface area contributed by atoms with Crippen molar-refractivity contribution in [3.05, 3.63) is 64.2 Å². The Balaban J connectivity index is 1.92. The van der Waals surface area contributed by atoms with Crippen LogP contribution in [0.1, 0.15) is 30.4 Å². The molecule has 1 N–H and O–H groups in total. The fourth-order valence-corrected chi connectivity index (χ4v) is 3.28. The highest BCUT2D eigenvalue weighted by Gasteiger charge is 2.33. The molecule has 1 aliphatic rings. The lowest BCUT2D eigenvalue weighted by molar-refractivity contribution is -0.137. The molecule has 0 spiro atoms.